The summed E-state index contributed by atoms with van der Waals surface area (Å²) in [7, 11) is 0. The Balaban J connectivity index is 2.35. The molecule has 0 bridgehead atoms. The first kappa shape index (κ1) is 19.0. The molecule has 0 fully saturated rings. The van der Waals surface area contributed by atoms with Gasteiger partial charge in [0, 0.05) is 24.8 Å². The van der Waals surface area contributed by atoms with E-state index in [1.54, 1.807) is 0 Å². The number of unbranched alkanes of at least 4 members (excludes halogenated alkanes) is 5. The molecule has 0 saturated carbocycles. The van der Waals surface area contributed by atoms with E-state index in [-0.39, 0.29) is 19.1 Å². The molecule has 0 aliphatic heterocycles. The van der Waals surface area contributed by atoms with Gasteiger partial charge in [-0.1, -0.05) is 51.2 Å². The Labute approximate surface area is 135 Å². The van der Waals surface area contributed by atoms with Crippen molar-refractivity contribution in [3.8, 4) is 0 Å². The Morgan fingerprint density at radius 1 is 0.955 bits per heavy atom. The fourth-order valence-electron chi connectivity index (χ4n) is 2.73. The van der Waals surface area contributed by atoms with Crippen molar-refractivity contribution in [2.75, 3.05) is 18.9 Å². The standard InChI is InChI=1S/C19H33NO2/c1-2-3-4-5-6-7-8-18-12-11-16(13-19(18)20)9-10-17(14-21)15-22/h11-13,17,21-22H,2-10,14-15,20H2,1H3. The molecule has 126 valence electrons. The molecule has 1 aromatic carbocycles. The van der Waals surface area contributed by atoms with Crippen molar-refractivity contribution in [3.05, 3.63) is 29.3 Å². The van der Waals surface area contributed by atoms with Crippen molar-refractivity contribution in [2.45, 2.75) is 64.7 Å². The van der Waals surface area contributed by atoms with Crippen molar-refractivity contribution in [2.24, 2.45) is 5.92 Å². The van der Waals surface area contributed by atoms with Crippen LogP contribution < -0.4 is 5.73 Å². The largest absolute Gasteiger partial charge is 0.398 e. The van der Waals surface area contributed by atoms with Crippen molar-refractivity contribution >= 4 is 5.69 Å². The van der Waals surface area contributed by atoms with Crippen LogP contribution in [0.3, 0.4) is 0 Å². The Hall–Kier alpha value is -1.06. The van der Waals surface area contributed by atoms with E-state index in [0.29, 0.717) is 0 Å². The van der Waals surface area contributed by atoms with Gasteiger partial charge in [-0.3, -0.25) is 0 Å². The second-order valence-electron chi connectivity index (χ2n) is 6.32. The molecule has 0 radical (unpaired) electrons. The number of nitrogen functional groups attached to an aromatic ring is 1. The minimum Gasteiger partial charge on any atom is -0.398 e. The highest BCUT2D eigenvalue weighted by Gasteiger charge is 2.07. The second kappa shape index (κ2) is 11.5. The lowest BCUT2D eigenvalue weighted by Crippen LogP contribution is -2.12. The molecule has 0 heterocycles. The molecule has 3 nitrogen and oxygen atoms in total. The van der Waals surface area contributed by atoms with E-state index in [4.69, 9.17) is 15.9 Å². The van der Waals surface area contributed by atoms with E-state index in [1.807, 2.05) is 0 Å². The lowest BCUT2D eigenvalue weighted by molar-refractivity contribution is 0.144. The summed E-state index contributed by atoms with van der Waals surface area (Å²) in [5, 5.41) is 18.2. The summed E-state index contributed by atoms with van der Waals surface area (Å²) in [6.07, 6.45) is 10.5. The lowest BCUT2D eigenvalue weighted by atomic mass is 9.97. The average molecular weight is 307 g/mol. The molecule has 0 aromatic heterocycles. The predicted molar refractivity (Wildman–Crippen MR) is 93.9 cm³/mol. The van der Waals surface area contributed by atoms with Crippen LogP contribution in [0.5, 0.6) is 0 Å². The fraction of sp³-hybridized carbons (Fsp3) is 0.684. The third-order valence-corrected chi connectivity index (χ3v) is 4.37. The van der Waals surface area contributed by atoms with Gasteiger partial charge in [-0.2, -0.15) is 0 Å². The number of benzene rings is 1. The van der Waals surface area contributed by atoms with Crippen LogP contribution in [-0.2, 0) is 12.8 Å². The van der Waals surface area contributed by atoms with E-state index in [1.165, 1.54) is 49.7 Å². The summed E-state index contributed by atoms with van der Waals surface area (Å²) < 4.78 is 0. The maximum atomic E-state index is 9.09. The maximum Gasteiger partial charge on any atom is 0.0481 e. The monoisotopic (exact) mass is 307 g/mol. The average Bonchev–Trinajstić information content (AvgIpc) is 2.53. The number of hydrogen-bond acceptors (Lipinski definition) is 3. The predicted octanol–water partition coefficient (Wildman–Crippen LogP) is 3.71. The summed E-state index contributed by atoms with van der Waals surface area (Å²) in [5.74, 6) is -0.0241. The highest BCUT2D eigenvalue weighted by Crippen LogP contribution is 2.19. The Morgan fingerprint density at radius 2 is 1.64 bits per heavy atom. The first-order valence-electron chi connectivity index (χ1n) is 8.80. The van der Waals surface area contributed by atoms with Crippen LogP contribution in [0.2, 0.25) is 0 Å². The van der Waals surface area contributed by atoms with Gasteiger partial charge >= 0.3 is 0 Å². The van der Waals surface area contributed by atoms with E-state index in [2.05, 4.69) is 25.1 Å². The Morgan fingerprint density at radius 3 is 2.27 bits per heavy atom. The molecule has 1 rings (SSSR count). The van der Waals surface area contributed by atoms with E-state index in [0.717, 1.165) is 24.9 Å². The first-order valence-corrected chi connectivity index (χ1v) is 8.80. The van der Waals surface area contributed by atoms with Crippen LogP contribution in [0.15, 0.2) is 18.2 Å². The number of anilines is 1. The lowest BCUT2D eigenvalue weighted by Gasteiger charge is -2.12. The number of aryl methyl sites for hydroxylation is 2. The van der Waals surface area contributed by atoms with Gasteiger partial charge in [0.15, 0.2) is 0 Å². The first-order chi connectivity index (χ1) is 10.7. The molecule has 0 unspecified atom stereocenters. The summed E-state index contributed by atoms with van der Waals surface area (Å²) in [6, 6.07) is 6.33. The van der Waals surface area contributed by atoms with Crippen LogP contribution in [0.4, 0.5) is 5.69 Å². The van der Waals surface area contributed by atoms with Crippen molar-refractivity contribution < 1.29 is 10.2 Å². The zero-order valence-corrected chi connectivity index (χ0v) is 14.1. The molecule has 0 spiro atoms. The summed E-state index contributed by atoms with van der Waals surface area (Å²) in [5.41, 5.74) is 9.48. The van der Waals surface area contributed by atoms with Gasteiger partial charge in [0.1, 0.15) is 0 Å². The maximum absolute atomic E-state index is 9.09. The minimum absolute atomic E-state index is 0.0241. The molecule has 0 amide bonds. The van der Waals surface area contributed by atoms with E-state index < -0.39 is 0 Å². The van der Waals surface area contributed by atoms with Gasteiger partial charge in [0.25, 0.3) is 0 Å². The second-order valence-corrected chi connectivity index (χ2v) is 6.32. The van der Waals surface area contributed by atoms with Crippen molar-refractivity contribution in [1.29, 1.82) is 0 Å². The molecule has 0 aliphatic carbocycles. The number of hydrogen-bond donors (Lipinski definition) is 3. The quantitative estimate of drug-likeness (QED) is 0.407. The molecule has 1 aromatic rings. The summed E-state index contributed by atoms with van der Waals surface area (Å²) in [4.78, 5) is 0. The normalized spacial score (nSPS) is 11.3. The third-order valence-electron chi connectivity index (χ3n) is 4.37. The zero-order chi connectivity index (χ0) is 16.2. The zero-order valence-electron chi connectivity index (χ0n) is 14.1. The summed E-state index contributed by atoms with van der Waals surface area (Å²) >= 11 is 0. The van der Waals surface area contributed by atoms with Crippen LogP contribution >= 0.6 is 0 Å². The highest BCUT2D eigenvalue weighted by atomic mass is 16.3. The molecular weight excluding hydrogens is 274 g/mol. The van der Waals surface area contributed by atoms with E-state index in [9.17, 15) is 0 Å². The van der Waals surface area contributed by atoms with Crippen LogP contribution in [0.1, 0.15) is 63.0 Å². The molecule has 0 aliphatic rings. The smallest absolute Gasteiger partial charge is 0.0481 e. The molecule has 3 heteroatoms. The van der Waals surface area contributed by atoms with Gasteiger partial charge in [0.2, 0.25) is 0 Å². The SMILES string of the molecule is CCCCCCCCc1ccc(CCC(CO)CO)cc1N. The number of nitrogens with two attached hydrogens (primary N) is 1. The highest BCUT2D eigenvalue weighted by molar-refractivity contribution is 5.49. The Kier molecular flexibility index (Phi) is 9.93. The van der Waals surface area contributed by atoms with Crippen LogP contribution in [-0.4, -0.2) is 23.4 Å². The minimum atomic E-state index is -0.0241. The van der Waals surface area contributed by atoms with Gasteiger partial charge in [-0.05, 0) is 42.9 Å². The molecule has 22 heavy (non-hydrogen) atoms. The van der Waals surface area contributed by atoms with Gasteiger partial charge < -0.3 is 15.9 Å². The summed E-state index contributed by atoms with van der Waals surface area (Å²) in [6.45, 7) is 2.33. The molecule has 0 saturated heterocycles. The number of aliphatic hydroxyl groups is 2. The van der Waals surface area contributed by atoms with Gasteiger partial charge in [-0.15, -0.1) is 0 Å². The van der Waals surface area contributed by atoms with E-state index >= 15 is 0 Å². The van der Waals surface area contributed by atoms with Crippen molar-refractivity contribution in [3.63, 3.8) is 0 Å². The molecule has 4 N–H and O–H groups in total. The van der Waals surface area contributed by atoms with Crippen LogP contribution in [0, 0.1) is 5.92 Å². The number of rotatable bonds is 12. The van der Waals surface area contributed by atoms with Crippen LogP contribution in [0.25, 0.3) is 0 Å². The third kappa shape index (κ3) is 7.28. The van der Waals surface area contributed by atoms with Gasteiger partial charge in [-0.25, -0.2) is 0 Å². The van der Waals surface area contributed by atoms with Gasteiger partial charge in [0.05, 0.1) is 0 Å². The fourth-order valence-corrected chi connectivity index (χ4v) is 2.73. The van der Waals surface area contributed by atoms with Crippen molar-refractivity contribution in [1.82, 2.24) is 0 Å². The topological polar surface area (TPSA) is 66.5 Å². The molecular formula is C19H33NO2. The number of aliphatic hydroxyl groups excluding tert-OH is 2. The molecule has 0 atom stereocenters. The Bertz CT molecular complexity index is 402.